The number of thiophene rings is 1. The van der Waals surface area contributed by atoms with Crippen LogP contribution >= 0.6 is 11.3 Å². The van der Waals surface area contributed by atoms with Gasteiger partial charge in [0.25, 0.3) is 5.91 Å². The minimum Gasteiger partial charge on any atom is -0.462 e. The SMILES string of the molecule is CCOC(=O)c1cnn(-c2ccc(C(=O)NCC3CCCN(Cc4cccs4)C3)cc2)c1C. The zero-order chi connectivity index (χ0) is 23.2. The summed E-state index contributed by atoms with van der Waals surface area (Å²) in [6.45, 7) is 7.73. The van der Waals surface area contributed by atoms with E-state index in [1.54, 1.807) is 35.1 Å². The van der Waals surface area contributed by atoms with Gasteiger partial charge in [0, 0.05) is 30.1 Å². The molecule has 1 N–H and O–H groups in total. The molecule has 1 unspecified atom stereocenters. The molecule has 0 radical (unpaired) electrons. The molecule has 0 aliphatic carbocycles. The molecule has 2 aromatic heterocycles. The second-order valence-electron chi connectivity index (χ2n) is 8.36. The van der Waals surface area contributed by atoms with E-state index in [9.17, 15) is 9.59 Å². The maximum absolute atomic E-state index is 12.7. The molecule has 1 fully saturated rings. The van der Waals surface area contributed by atoms with Crippen LogP contribution in [0.15, 0.2) is 48.0 Å². The average Bonchev–Trinajstić information content (AvgIpc) is 3.47. The van der Waals surface area contributed by atoms with Crippen LogP contribution < -0.4 is 5.32 Å². The highest BCUT2D eigenvalue weighted by Crippen LogP contribution is 2.20. The first-order valence-corrected chi connectivity index (χ1v) is 12.3. The number of rotatable bonds is 8. The van der Waals surface area contributed by atoms with Crippen molar-refractivity contribution in [1.29, 1.82) is 0 Å². The number of piperidine rings is 1. The standard InChI is InChI=1S/C25H30N4O3S/c1-3-32-25(31)23-15-27-29(18(23)2)21-10-8-20(9-11-21)24(30)26-14-19-6-4-12-28(16-19)17-22-7-5-13-33-22/h5,7-11,13,15,19H,3-4,6,12,14,16-17H2,1-2H3,(H,26,30). The number of carbonyl (C=O) groups is 2. The number of aromatic nitrogens is 2. The first-order chi connectivity index (χ1) is 16.0. The molecule has 3 aromatic rings. The molecule has 0 saturated carbocycles. The van der Waals surface area contributed by atoms with Crippen LogP contribution in [-0.2, 0) is 11.3 Å². The number of amides is 1. The molecule has 1 aromatic carbocycles. The fraction of sp³-hybridized carbons (Fsp3) is 0.400. The molecule has 0 bridgehead atoms. The van der Waals surface area contributed by atoms with Gasteiger partial charge in [0.15, 0.2) is 0 Å². The monoisotopic (exact) mass is 466 g/mol. The summed E-state index contributed by atoms with van der Waals surface area (Å²) in [4.78, 5) is 28.6. The van der Waals surface area contributed by atoms with Crippen molar-refractivity contribution in [3.8, 4) is 5.69 Å². The molecule has 1 aliphatic rings. The lowest BCUT2D eigenvalue weighted by molar-refractivity contribution is 0.0525. The molecule has 1 amide bonds. The molecule has 1 saturated heterocycles. The smallest absolute Gasteiger partial charge is 0.341 e. The van der Waals surface area contributed by atoms with Crippen LogP contribution in [0.1, 0.15) is 51.1 Å². The van der Waals surface area contributed by atoms with Crippen molar-refractivity contribution in [2.75, 3.05) is 26.2 Å². The highest BCUT2D eigenvalue weighted by molar-refractivity contribution is 7.09. The van der Waals surface area contributed by atoms with E-state index in [4.69, 9.17) is 4.74 Å². The van der Waals surface area contributed by atoms with E-state index in [1.807, 2.05) is 19.1 Å². The Morgan fingerprint density at radius 1 is 1.24 bits per heavy atom. The number of hydrogen-bond acceptors (Lipinski definition) is 6. The van der Waals surface area contributed by atoms with Gasteiger partial charge in [0.2, 0.25) is 0 Å². The van der Waals surface area contributed by atoms with Crippen molar-refractivity contribution in [2.45, 2.75) is 33.2 Å². The molecular weight excluding hydrogens is 436 g/mol. The van der Waals surface area contributed by atoms with Gasteiger partial charge in [-0.3, -0.25) is 9.69 Å². The van der Waals surface area contributed by atoms with Gasteiger partial charge in [0.05, 0.1) is 24.2 Å². The van der Waals surface area contributed by atoms with Crippen molar-refractivity contribution < 1.29 is 14.3 Å². The third-order valence-electron chi connectivity index (χ3n) is 5.99. The van der Waals surface area contributed by atoms with Crippen LogP contribution in [0.4, 0.5) is 0 Å². The Balaban J connectivity index is 1.32. The summed E-state index contributed by atoms with van der Waals surface area (Å²) in [6.07, 6.45) is 3.82. The Morgan fingerprint density at radius 3 is 2.79 bits per heavy atom. The fourth-order valence-corrected chi connectivity index (χ4v) is 5.00. The molecule has 0 spiro atoms. The van der Waals surface area contributed by atoms with Crippen LogP contribution in [0, 0.1) is 12.8 Å². The Kier molecular flexibility index (Phi) is 7.57. The normalized spacial score (nSPS) is 16.5. The summed E-state index contributed by atoms with van der Waals surface area (Å²) in [6, 6.07) is 11.5. The van der Waals surface area contributed by atoms with E-state index in [-0.39, 0.29) is 11.9 Å². The van der Waals surface area contributed by atoms with Crippen LogP contribution in [0.3, 0.4) is 0 Å². The van der Waals surface area contributed by atoms with Gasteiger partial charge in [-0.15, -0.1) is 11.3 Å². The second-order valence-corrected chi connectivity index (χ2v) is 9.39. The summed E-state index contributed by atoms with van der Waals surface area (Å²) < 4.78 is 6.75. The quantitative estimate of drug-likeness (QED) is 0.507. The lowest BCUT2D eigenvalue weighted by Crippen LogP contribution is -2.40. The van der Waals surface area contributed by atoms with Crippen LogP contribution in [0.2, 0.25) is 0 Å². The number of esters is 1. The zero-order valence-corrected chi connectivity index (χ0v) is 19.9. The lowest BCUT2D eigenvalue weighted by atomic mass is 9.98. The third kappa shape index (κ3) is 5.69. The molecule has 1 atom stereocenters. The zero-order valence-electron chi connectivity index (χ0n) is 19.1. The van der Waals surface area contributed by atoms with Crippen LogP contribution in [0.25, 0.3) is 5.69 Å². The minimum atomic E-state index is -0.381. The maximum atomic E-state index is 12.7. The number of ether oxygens (including phenoxy) is 1. The highest BCUT2D eigenvalue weighted by Gasteiger charge is 2.21. The molecular formula is C25H30N4O3S. The van der Waals surface area contributed by atoms with Crippen molar-refractivity contribution in [2.24, 2.45) is 5.92 Å². The van der Waals surface area contributed by atoms with E-state index in [1.165, 1.54) is 11.1 Å². The summed E-state index contributed by atoms with van der Waals surface area (Å²) in [5.74, 6) is 0.0187. The first kappa shape index (κ1) is 23.2. The number of carbonyl (C=O) groups excluding carboxylic acids is 2. The van der Waals surface area contributed by atoms with E-state index in [0.717, 1.165) is 38.2 Å². The first-order valence-electron chi connectivity index (χ1n) is 11.4. The van der Waals surface area contributed by atoms with E-state index in [2.05, 4.69) is 32.8 Å². The number of hydrogen-bond donors (Lipinski definition) is 1. The Labute approximate surface area is 198 Å². The topological polar surface area (TPSA) is 76.5 Å². The predicted octanol–water partition coefficient (Wildman–Crippen LogP) is 4.06. The third-order valence-corrected chi connectivity index (χ3v) is 6.85. The van der Waals surface area contributed by atoms with Crippen molar-refractivity contribution in [3.63, 3.8) is 0 Å². The van der Waals surface area contributed by atoms with Gasteiger partial charge in [-0.1, -0.05) is 6.07 Å². The molecule has 8 heteroatoms. The Morgan fingerprint density at radius 2 is 2.06 bits per heavy atom. The van der Waals surface area contributed by atoms with Crippen molar-refractivity contribution in [3.05, 3.63) is 69.7 Å². The molecule has 3 heterocycles. The molecule has 7 nitrogen and oxygen atoms in total. The van der Waals surface area contributed by atoms with Gasteiger partial charge < -0.3 is 10.1 Å². The molecule has 4 rings (SSSR count). The van der Waals surface area contributed by atoms with E-state index in [0.29, 0.717) is 35.9 Å². The predicted molar refractivity (Wildman–Crippen MR) is 129 cm³/mol. The van der Waals surface area contributed by atoms with Gasteiger partial charge in [0.1, 0.15) is 5.56 Å². The largest absolute Gasteiger partial charge is 0.462 e. The molecule has 174 valence electrons. The summed E-state index contributed by atoms with van der Waals surface area (Å²) in [5, 5.41) is 9.53. The number of likely N-dealkylation sites (tertiary alicyclic amines) is 1. The maximum Gasteiger partial charge on any atom is 0.341 e. The fourth-order valence-electron chi connectivity index (χ4n) is 4.26. The Hall–Kier alpha value is -2.97. The number of benzene rings is 1. The lowest BCUT2D eigenvalue weighted by Gasteiger charge is -2.32. The van der Waals surface area contributed by atoms with Gasteiger partial charge in [-0.05, 0) is 74.9 Å². The number of nitrogens with one attached hydrogen (secondary N) is 1. The molecule has 1 aliphatic heterocycles. The van der Waals surface area contributed by atoms with Gasteiger partial charge in [-0.25, -0.2) is 9.48 Å². The van der Waals surface area contributed by atoms with Crippen LogP contribution in [-0.4, -0.2) is 52.8 Å². The summed E-state index contributed by atoms with van der Waals surface area (Å²) >= 11 is 1.80. The van der Waals surface area contributed by atoms with Crippen molar-refractivity contribution in [1.82, 2.24) is 20.0 Å². The summed E-state index contributed by atoms with van der Waals surface area (Å²) in [5.41, 5.74) is 2.55. The van der Waals surface area contributed by atoms with Crippen LogP contribution in [0.5, 0.6) is 0 Å². The highest BCUT2D eigenvalue weighted by atomic mass is 32.1. The molecule has 33 heavy (non-hydrogen) atoms. The average molecular weight is 467 g/mol. The van der Waals surface area contributed by atoms with E-state index >= 15 is 0 Å². The Bertz CT molecular complexity index is 1080. The van der Waals surface area contributed by atoms with Gasteiger partial charge in [-0.2, -0.15) is 5.10 Å². The minimum absolute atomic E-state index is 0.0682. The number of nitrogens with zero attached hydrogens (tertiary/aromatic N) is 3. The van der Waals surface area contributed by atoms with E-state index < -0.39 is 0 Å². The summed E-state index contributed by atoms with van der Waals surface area (Å²) in [7, 11) is 0. The van der Waals surface area contributed by atoms with Gasteiger partial charge >= 0.3 is 5.97 Å². The van der Waals surface area contributed by atoms with Crippen molar-refractivity contribution >= 4 is 23.2 Å². The second kappa shape index (κ2) is 10.8.